The molecule has 1 atom stereocenters. The van der Waals surface area contributed by atoms with E-state index in [0.717, 1.165) is 12.8 Å². The van der Waals surface area contributed by atoms with E-state index in [0.29, 0.717) is 12.1 Å². The van der Waals surface area contributed by atoms with Crippen LogP contribution >= 0.6 is 0 Å². The van der Waals surface area contributed by atoms with Crippen molar-refractivity contribution in [3.63, 3.8) is 0 Å². The molecule has 0 heterocycles. The summed E-state index contributed by atoms with van der Waals surface area (Å²) in [5.74, 6) is -0.333. The number of hydrogen-bond donors (Lipinski definition) is 2. The van der Waals surface area contributed by atoms with Crippen molar-refractivity contribution in [2.45, 2.75) is 50.7 Å². The SMILES string of the molecule is CC1(NCC(O)c2ccccc2F)CCCCC1. The third-order valence-electron chi connectivity index (χ3n) is 3.94. The van der Waals surface area contributed by atoms with Crippen molar-refractivity contribution in [3.8, 4) is 0 Å². The third-order valence-corrected chi connectivity index (χ3v) is 3.94. The second-order valence-electron chi connectivity index (χ2n) is 5.54. The Balaban J connectivity index is 1.92. The Kier molecular flexibility index (Phi) is 4.36. The average Bonchev–Trinajstić information content (AvgIpc) is 2.38. The van der Waals surface area contributed by atoms with E-state index in [2.05, 4.69) is 12.2 Å². The predicted molar refractivity (Wildman–Crippen MR) is 70.9 cm³/mol. The molecule has 3 heteroatoms. The Labute approximate surface area is 108 Å². The van der Waals surface area contributed by atoms with Crippen LogP contribution in [0.1, 0.15) is 50.7 Å². The molecule has 1 aliphatic carbocycles. The summed E-state index contributed by atoms with van der Waals surface area (Å²) in [6, 6.07) is 6.43. The maximum Gasteiger partial charge on any atom is 0.129 e. The van der Waals surface area contributed by atoms with Crippen molar-refractivity contribution in [2.75, 3.05) is 6.54 Å². The molecule has 1 aliphatic rings. The van der Waals surface area contributed by atoms with Crippen LogP contribution in [0, 0.1) is 5.82 Å². The van der Waals surface area contributed by atoms with E-state index in [9.17, 15) is 9.50 Å². The highest BCUT2D eigenvalue weighted by atomic mass is 19.1. The molecule has 100 valence electrons. The summed E-state index contributed by atoms with van der Waals surface area (Å²) >= 11 is 0. The molecule has 0 aliphatic heterocycles. The number of aliphatic hydroxyl groups is 1. The summed E-state index contributed by atoms with van der Waals surface area (Å²) in [5, 5.41) is 13.5. The van der Waals surface area contributed by atoms with E-state index in [4.69, 9.17) is 0 Å². The molecule has 1 aromatic rings. The molecule has 1 fully saturated rings. The minimum absolute atomic E-state index is 0.102. The lowest BCUT2D eigenvalue weighted by Crippen LogP contribution is -2.45. The van der Waals surface area contributed by atoms with E-state index in [1.807, 2.05) is 0 Å². The van der Waals surface area contributed by atoms with Crippen LogP contribution in [-0.4, -0.2) is 17.2 Å². The number of halogens is 1. The first-order valence-electron chi connectivity index (χ1n) is 6.78. The van der Waals surface area contributed by atoms with Crippen molar-refractivity contribution in [1.29, 1.82) is 0 Å². The molecule has 0 amide bonds. The van der Waals surface area contributed by atoms with Gasteiger partial charge < -0.3 is 10.4 Å². The van der Waals surface area contributed by atoms with E-state index >= 15 is 0 Å². The van der Waals surface area contributed by atoms with Crippen LogP contribution in [0.15, 0.2) is 24.3 Å². The van der Waals surface area contributed by atoms with Crippen LogP contribution < -0.4 is 5.32 Å². The largest absolute Gasteiger partial charge is 0.387 e. The first-order valence-corrected chi connectivity index (χ1v) is 6.78. The fourth-order valence-electron chi connectivity index (χ4n) is 2.71. The molecule has 1 unspecified atom stereocenters. The van der Waals surface area contributed by atoms with Gasteiger partial charge >= 0.3 is 0 Å². The van der Waals surface area contributed by atoms with Gasteiger partial charge in [0.1, 0.15) is 5.82 Å². The molecule has 1 aromatic carbocycles. The van der Waals surface area contributed by atoms with Crippen LogP contribution in [0.25, 0.3) is 0 Å². The van der Waals surface area contributed by atoms with Gasteiger partial charge in [0.25, 0.3) is 0 Å². The topological polar surface area (TPSA) is 32.3 Å². The summed E-state index contributed by atoms with van der Waals surface area (Å²) in [6.45, 7) is 2.61. The Morgan fingerprint density at radius 2 is 1.94 bits per heavy atom. The number of benzene rings is 1. The Morgan fingerprint density at radius 1 is 1.28 bits per heavy atom. The maximum absolute atomic E-state index is 13.5. The van der Waals surface area contributed by atoms with Gasteiger partial charge in [-0.05, 0) is 25.8 Å². The second kappa shape index (κ2) is 5.81. The Morgan fingerprint density at radius 3 is 2.61 bits per heavy atom. The van der Waals surface area contributed by atoms with Crippen molar-refractivity contribution < 1.29 is 9.50 Å². The summed E-state index contributed by atoms with van der Waals surface area (Å²) in [7, 11) is 0. The molecule has 2 N–H and O–H groups in total. The highest BCUT2D eigenvalue weighted by Gasteiger charge is 2.27. The molecule has 0 radical (unpaired) electrons. The fraction of sp³-hybridized carbons (Fsp3) is 0.600. The Bertz CT molecular complexity index is 388. The number of β-amino-alcohol motifs (C(OH)–C–C–N with tert-alkyl or cyclic N) is 1. The molecule has 2 nitrogen and oxygen atoms in total. The standard InChI is InChI=1S/C15H22FNO/c1-15(9-5-2-6-10-15)17-11-14(18)12-7-3-4-8-13(12)16/h3-4,7-8,14,17-18H,2,5-6,9-11H2,1H3. The molecule has 18 heavy (non-hydrogen) atoms. The molecule has 0 saturated heterocycles. The van der Waals surface area contributed by atoms with Gasteiger partial charge in [0.15, 0.2) is 0 Å². The lowest BCUT2D eigenvalue weighted by atomic mass is 9.83. The van der Waals surface area contributed by atoms with Gasteiger partial charge in [0.05, 0.1) is 6.10 Å². The van der Waals surface area contributed by atoms with E-state index in [-0.39, 0.29) is 11.4 Å². The molecule has 2 rings (SSSR count). The molecular weight excluding hydrogens is 229 g/mol. The number of rotatable bonds is 4. The van der Waals surface area contributed by atoms with Gasteiger partial charge in [0.2, 0.25) is 0 Å². The quantitative estimate of drug-likeness (QED) is 0.861. The van der Waals surface area contributed by atoms with Gasteiger partial charge in [-0.2, -0.15) is 0 Å². The molecule has 0 aromatic heterocycles. The lowest BCUT2D eigenvalue weighted by Gasteiger charge is -2.35. The number of hydrogen-bond acceptors (Lipinski definition) is 2. The molecule has 1 saturated carbocycles. The van der Waals surface area contributed by atoms with Gasteiger partial charge in [-0.15, -0.1) is 0 Å². The highest BCUT2D eigenvalue weighted by Crippen LogP contribution is 2.28. The smallest absolute Gasteiger partial charge is 0.129 e. The zero-order valence-electron chi connectivity index (χ0n) is 11.0. The molecular formula is C15H22FNO. The summed E-state index contributed by atoms with van der Waals surface area (Å²) < 4.78 is 13.5. The third kappa shape index (κ3) is 3.30. The van der Waals surface area contributed by atoms with Crippen LogP contribution in [0.4, 0.5) is 4.39 Å². The van der Waals surface area contributed by atoms with Crippen LogP contribution in [-0.2, 0) is 0 Å². The van der Waals surface area contributed by atoms with E-state index in [1.54, 1.807) is 18.2 Å². The van der Waals surface area contributed by atoms with Crippen molar-refractivity contribution in [2.24, 2.45) is 0 Å². The van der Waals surface area contributed by atoms with Gasteiger partial charge in [0, 0.05) is 17.6 Å². The highest BCUT2D eigenvalue weighted by molar-refractivity contribution is 5.20. The summed E-state index contributed by atoms with van der Waals surface area (Å²) in [4.78, 5) is 0. The van der Waals surface area contributed by atoms with Gasteiger partial charge in [-0.25, -0.2) is 4.39 Å². The maximum atomic E-state index is 13.5. The number of aliphatic hydroxyl groups excluding tert-OH is 1. The van der Waals surface area contributed by atoms with Crippen LogP contribution in [0.3, 0.4) is 0 Å². The first-order chi connectivity index (χ1) is 8.61. The number of nitrogens with one attached hydrogen (secondary N) is 1. The van der Waals surface area contributed by atoms with E-state index in [1.165, 1.54) is 25.3 Å². The fourth-order valence-corrected chi connectivity index (χ4v) is 2.71. The monoisotopic (exact) mass is 251 g/mol. The summed E-state index contributed by atoms with van der Waals surface area (Å²) in [6.07, 6.45) is 5.27. The zero-order valence-corrected chi connectivity index (χ0v) is 11.0. The lowest BCUT2D eigenvalue weighted by molar-refractivity contribution is 0.143. The average molecular weight is 251 g/mol. The minimum atomic E-state index is -0.773. The van der Waals surface area contributed by atoms with Crippen molar-refractivity contribution >= 4 is 0 Å². The van der Waals surface area contributed by atoms with Gasteiger partial charge in [-0.1, -0.05) is 37.5 Å². The first kappa shape index (κ1) is 13.5. The van der Waals surface area contributed by atoms with Gasteiger partial charge in [-0.3, -0.25) is 0 Å². The molecule has 0 spiro atoms. The second-order valence-corrected chi connectivity index (χ2v) is 5.54. The summed E-state index contributed by atoms with van der Waals surface area (Å²) in [5.41, 5.74) is 0.481. The van der Waals surface area contributed by atoms with Crippen LogP contribution in [0.2, 0.25) is 0 Å². The van der Waals surface area contributed by atoms with Crippen molar-refractivity contribution in [1.82, 2.24) is 5.32 Å². The predicted octanol–water partition coefficient (Wildman–Crippen LogP) is 3.17. The molecule has 0 bridgehead atoms. The van der Waals surface area contributed by atoms with Crippen LogP contribution in [0.5, 0.6) is 0 Å². The zero-order chi connectivity index (χ0) is 13.0. The Hall–Kier alpha value is -0.930. The normalized spacial score (nSPS) is 20.6. The van der Waals surface area contributed by atoms with E-state index < -0.39 is 6.10 Å². The minimum Gasteiger partial charge on any atom is -0.387 e. The van der Waals surface area contributed by atoms with Crippen molar-refractivity contribution in [3.05, 3.63) is 35.6 Å².